The molecule has 0 atom stereocenters. The van der Waals surface area contributed by atoms with Crippen molar-refractivity contribution in [3.63, 3.8) is 0 Å². The van der Waals surface area contributed by atoms with Gasteiger partial charge in [0.1, 0.15) is 0 Å². The van der Waals surface area contributed by atoms with Crippen LogP contribution in [0.4, 0.5) is 11.4 Å². The van der Waals surface area contributed by atoms with Gasteiger partial charge in [-0.15, -0.1) is 0 Å². The van der Waals surface area contributed by atoms with Crippen LogP contribution in [0.15, 0.2) is 12.1 Å². The molecule has 1 aromatic carbocycles. The first kappa shape index (κ1) is 12.9. The number of benzene rings is 1. The maximum Gasteiger partial charge on any atom is 0.0397 e. The van der Waals surface area contributed by atoms with Gasteiger partial charge in [-0.1, -0.05) is 13.8 Å². The van der Waals surface area contributed by atoms with Crippen LogP contribution < -0.4 is 9.80 Å². The summed E-state index contributed by atoms with van der Waals surface area (Å²) in [6.07, 6.45) is 2.16. The lowest BCUT2D eigenvalue weighted by atomic mass is 10.0. The van der Waals surface area contributed by atoms with Crippen molar-refractivity contribution in [2.24, 2.45) is 0 Å². The molecule has 0 fully saturated rings. The molecular weight excluding hydrogens is 196 g/mol. The second-order valence-electron chi connectivity index (χ2n) is 4.61. The molecule has 0 aliphatic heterocycles. The van der Waals surface area contributed by atoms with Crippen molar-refractivity contribution in [1.29, 1.82) is 0 Å². The van der Waals surface area contributed by atoms with Gasteiger partial charge in [0.25, 0.3) is 0 Å². The summed E-state index contributed by atoms with van der Waals surface area (Å²) < 4.78 is 0. The van der Waals surface area contributed by atoms with E-state index in [1.54, 1.807) is 0 Å². The van der Waals surface area contributed by atoms with E-state index in [2.05, 4.69) is 64.0 Å². The highest BCUT2D eigenvalue weighted by Crippen LogP contribution is 2.29. The average molecular weight is 220 g/mol. The second-order valence-corrected chi connectivity index (χ2v) is 4.61. The lowest BCUT2D eigenvalue weighted by Gasteiger charge is -2.23. The first-order chi connectivity index (χ1) is 7.51. The smallest absolute Gasteiger partial charge is 0.0397 e. The zero-order valence-electron chi connectivity index (χ0n) is 11.5. The summed E-state index contributed by atoms with van der Waals surface area (Å²) in [7, 11) is 8.46. The summed E-state index contributed by atoms with van der Waals surface area (Å²) >= 11 is 0. The maximum atomic E-state index is 2.33. The van der Waals surface area contributed by atoms with Gasteiger partial charge in [0, 0.05) is 39.6 Å². The zero-order valence-corrected chi connectivity index (χ0v) is 11.5. The minimum Gasteiger partial charge on any atom is -0.377 e. The molecule has 0 spiro atoms. The van der Waals surface area contributed by atoms with Gasteiger partial charge in [0.15, 0.2) is 0 Å². The van der Waals surface area contributed by atoms with E-state index in [4.69, 9.17) is 0 Å². The molecule has 0 bridgehead atoms. The van der Waals surface area contributed by atoms with Crippen molar-refractivity contribution in [1.82, 2.24) is 0 Å². The predicted molar refractivity (Wildman–Crippen MR) is 73.9 cm³/mol. The van der Waals surface area contributed by atoms with E-state index in [-0.39, 0.29) is 0 Å². The molecule has 1 aromatic rings. The molecular formula is C14H24N2. The fourth-order valence-corrected chi connectivity index (χ4v) is 2.06. The summed E-state index contributed by atoms with van der Waals surface area (Å²) in [6, 6.07) is 4.66. The van der Waals surface area contributed by atoms with E-state index in [1.807, 2.05) is 0 Å². The van der Waals surface area contributed by atoms with Crippen molar-refractivity contribution < 1.29 is 0 Å². The molecule has 0 saturated heterocycles. The average Bonchev–Trinajstić information content (AvgIpc) is 2.26. The van der Waals surface area contributed by atoms with E-state index in [0.29, 0.717) is 0 Å². The maximum absolute atomic E-state index is 2.33. The molecule has 0 unspecified atom stereocenters. The molecule has 0 aromatic heterocycles. The van der Waals surface area contributed by atoms with Crippen LogP contribution in [0, 0.1) is 0 Å². The monoisotopic (exact) mass is 220 g/mol. The number of rotatable bonds is 4. The van der Waals surface area contributed by atoms with E-state index >= 15 is 0 Å². The molecule has 0 N–H and O–H groups in total. The normalized spacial score (nSPS) is 10.4. The summed E-state index contributed by atoms with van der Waals surface area (Å²) in [4.78, 5) is 4.41. The van der Waals surface area contributed by atoms with Crippen molar-refractivity contribution in [2.45, 2.75) is 26.7 Å². The third-order valence-electron chi connectivity index (χ3n) is 3.01. The summed E-state index contributed by atoms with van der Waals surface area (Å²) in [5.74, 6) is 0. The van der Waals surface area contributed by atoms with E-state index in [0.717, 1.165) is 12.8 Å². The summed E-state index contributed by atoms with van der Waals surface area (Å²) in [5, 5.41) is 0. The van der Waals surface area contributed by atoms with E-state index in [9.17, 15) is 0 Å². The lowest BCUT2D eigenvalue weighted by Crippen LogP contribution is -2.15. The Morgan fingerprint density at radius 2 is 1.06 bits per heavy atom. The van der Waals surface area contributed by atoms with E-state index in [1.165, 1.54) is 22.5 Å². The van der Waals surface area contributed by atoms with Crippen LogP contribution in [0.1, 0.15) is 25.0 Å². The quantitative estimate of drug-likeness (QED) is 0.770. The Hall–Kier alpha value is -1.18. The Morgan fingerprint density at radius 3 is 1.25 bits per heavy atom. The predicted octanol–water partition coefficient (Wildman–Crippen LogP) is 2.94. The van der Waals surface area contributed by atoms with Crippen LogP contribution in [0.5, 0.6) is 0 Å². The van der Waals surface area contributed by atoms with Gasteiger partial charge in [-0.2, -0.15) is 0 Å². The van der Waals surface area contributed by atoms with Gasteiger partial charge in [0.05, 0.1) is 0 Å². The van der Waals surface area contributed by atoms with Gasteiger partial charge in [-0.05, 0) is 36.1 Å². The van der Waals surface area contributed by atoms with Crippen LogP contribution in [-0.2, 0) is 12.8 Å². The van der Waals surface area contributed by atoms with Crippen molar-refractivity contribution in [3.05, 3.63) is 23.3 Å². The molecule has 90 valence electrons. The van der Waals surface area contributed by atoms with Gasteiger partial charge in [0.2, 0.25) is 0 Å². The first-order valence-corrected chi connectivity index (χ1v) is 6.01. The van der Waals surface area contributed by atoms with Crippen LogP contribution in [0.2, 0.25) is 0 Å². The number of anilines is 2. The number of hydrogen-bond acceptors (Lipinski definition) is 2. The van der Waals surface area contributed by atoms with E-state index < -0.39 is 0 Å². The van der Waals surface area contributed by atoms with Crippen molar-refractivity contribution in [3.8, 4) is 0 Å². The highest BCUT2D eigenvalue weighted by atomic mass is 15.1. The number of hydrogen-bond donors (Lipinski definition) is 0. The van der Waals surface area contributed by atoms with Crippen molar-refractivity contribution in [2.75, 3.05) is 38.0 Å². The summed E-state index contributed by atoms with van der Waals surface area (Å²) in [5.41, 5.74) is 5.55. The minimum absolute atomic E-state index is 1.08. The lowest BCUT2D eigenvalue weighted by molar-refractivity contribution is 1.01. The molecule has 0 radical (unpaired) electrons. The molecule has 16 heavy (non-hydrogen) atoms. The van der Waals surface area contributed by atoms with Gasteiger partial charge in [-0.3, -0.25) is 0 Å². The third kappa shape index (κ3) is 2.49. The standard InChI is InChI=1S/C14H24N2/c1-7-11-9-14(16(5)6)12(8-2)10-13(11)15(3)4/h9-10H,7-8H2,1-6H3. The van der Waals surface area contributed by atoms with Crippen LogP contribution in [-0.4, -0.2) is 28.2 Å². The van der Waals surface area contributed by atoms with Gasteiger partial charge >= 0.3 is 0 Å². The minimum atomic E-state index is 1.08. The van der Waals surface area contributed by atoms with Crippen LogP contribution in [0.3, 0.4) is 0 Å². The fraction of sp³-hybridized carbons (Fsp3) is 0.571. The highest BCUT2D eigenvalue weighted by molar-refractivity contribution is 5.65. The number of aryl methyl sites for hydroxylation is 2. The Morgan fingerprint density at radius 1 is 0.750 bits per heavy atom. The zero-order chi connectivity index (χ0) is 12.3. The Labute approximate surface area is 99.9 Å². The third-order valence-corrected chi connectivity index (χ3v) is 3.01. The fourth-order valence-electron chi connectivity index (χ4n) is 2.06. The Balaban J connectivity index is 3.34. The Bertz CT molecular complexity index is 318. The SMILES string of the molecule is CCc1cc(N(C)C)c(CC)cc1N(C)C. The highest BCUT2D eigenvalue weighted by Gasteiger charge is 2.10. The van der Waals surface area contributed by atoms with Gasteiger partial charge in [-0.25, -0.2) is 0 Å². The van der Waals surface area contributed by atoms with Crippen LogP contribution >= 0.6 is 0 Å². The largest absolute Gasteiger partial charge is 0.377 e. The van der Waals surface area contributed by atoms with Gasteiger partial charge < -0.3 is 9.80 Å². The Kier molecular flexibility index (Phi) is 4.22. The van der Waals surface area contributed by atoms with Crippen LogP contribution in [0.25, 0.3) is 0 Å². The molecule has 2 heteroatoms. The molecule has 0 amide bonds. The molecule has 0 saturated carbocycles. The molecule has 2 nitrogen and oxygen atoms in total. The molecule has 1 rings (SSSR count). The first-order valence-electron chi connectivity index (χ1n) is 6.01. The van der Waals surface area contributed by atoms with Crippen molar-refractivity contribution >= 4 is 11.4 Å². The topological polar surface area (TPSA) is 6.48 Å². The molecule has 0 aliphatic carbocycles. The number of nitrogens with zero attached hydrogens (tertiary/aromatic N) is 2. The molecule has 0 aliphatic rings. The molecule has 0 heterocycles. The summed E-state index contributed by atoms with van der Waals surface area (Å²) in [6.45, 7) is 4.43. The second kappa shape index (κ2) is 5.24.